The lowest BCUT2D eigenvalue weighted by Crippen LogP contribution is -2.51. The first-order chi connectivity index (χ1) is 12.0. The summed E-state index contributed by atoms with van der Waals surface area (Å²) in [5.74, 6) is 2.88. The first kappa shape index (κ1) is 17.5. The number of unbranched alkanes of at least 4 members (excludes halogenated alkanes) is 2. The number of imidazole rings is 1. The average Bonchev–Trinajstić information content (AvgIpc) is 3.05. The molecule has 4 aliphatic carbocycles. The zero-order chi connectivity index (χ0) is 17.3. The van der Waals surface area contributed by atoms with Crippen molar-refractivity contribution in [2.24, 2.45) is 23.2 Å². The van der Waals surface area contributed by atoms with Crippen LogP contribution in [0, 0.1) is 23.2 Å². The van der Waals surface area contributed by atoms with Crippen molar-refractivity contribution >= 4 is 10.0 Å². The predicted molar refractivity (Wildman–Crippen MR) is 98.5 cm³/mol. The van der Waals surface area contributed by atoms with Crippen LogP contribution in [0.15, 0.2) is 12.5 Å². The minimum absolute atomic E-state index is 0.264. The van der Waals surface area contributed by atoms with Crippen molar-refractivity contribution in [3.05, 3.63) is 18.2 Å². The molecule has 25 heavy (non-hydrogen) atoms. The first-order valence-electron chi connectivity index (χ1n) is 9.97. The molecular weight excluding hydrogens is 334 g/mol. The number of nitrogens with one attached hydrogen (secondary N) is 2. The summed E-state index contributed by atoms with van der Waals surface area (Å²) in [6, 6.07) is 0. The third-order valence-corrected chi connectivity index (χ3v) is 8.14. The molecule has 4 aliphatic rings. The average molecular weight is 366 g/mol. The number of hydrogen-bond acceptors (Lipinski definition) is 3. The summed E-state index contributed by atoms with van der Waals surface area (Å²) >= 11 is 0. The highest BCUT2D eigenvalue weighted by atomic mass is 32.2. The first-order valence-corrected chi connectivity index (χ1v) is 11.6. The summed E-state index contributed by atoms with van der Waals surface area (Å²) in [6.07, 6.45) is 15.2. The summed E-state index contributed by atoms with van der Waals surface area (Å²) in [6.45, 7) is 0.687. The Morgan fingerprint density at radius 3 is 2.36 bits per heavy atom. The van der Waals surface area contributed by atoms with Gasteiger partial charge in [0, 0.05) is 12.7 Å². The molecule has 4 bridgehead atoms. The number of rotatable bonds is 9. The molecule has 2 N–H and O–H groups in total. The Morgan fingerprint density at radius 1 is 1.08 bits per heavy atom. The van der Waals surface area contributed by atoms with Gasteiger partial charge in [-0.15, -0.1) is 0 Å². The Hall–Kier alpha value is -0.880. The fraction of sp³-hybridized carbons (Fsp3) is 0.842. The zero-order valence-corrected chi connectivity index (χ0v) is 15.9. The van der Waals surface area contributed by atoms with Crippen LogP contribution in [0.1, 0.15) is 63.5 Å². The quantitative estimate of drug-likeness (QED) is 0.660. The van der Waals surface area contributed by atoms with Crippen LogP contribution in [0.3, 0.4) is 0 Å². The minimum atomic E-state index is -3.13. The van der Waals surface area contributed by atoms with Crippen molar-refractivity contribution in [3.63, 3.8) is 0 Å². The highest BCUT2D eigenvalue weighted by Gasteiger charge is 2.50. The molecule has 6 heteroatoms. The summed E-state index contributed by atoms with van der Waals surface area (Å²) < 4.78 is 27.7. The lowest BCUT2D eigenvalue weighted by molar-refractivity contribution is -0.0487. The number of aryl methyl sites for hydroxylation is 1. The zero-order valence-electron chi connectivity index (χ0n) is 15.0. The lowest BCUT2D eigenvalue weighted by atomic mass is 9.50. The summed E-state index contributed by atoms with van der Waals surface area (Å²) in [7, 11) is -3.13. The Bertz CT molecular complexity index is 634. The van der Waals surface area contributed by atoms with Gasteiger partial charge in [-0.25, -0.2) is 18.1 Å². The van der Waals surface area contributed by atoms with Crippen LogP contribution in [-0.2, 0) is 16.4 Å². The smallest absolute Gasteiger partial charge is 0.211 e. The van der Waals surface area contributed by atoms with E-state index in [4.69, 9.17) is 0 Å². The van der Waals surface area contributed by atoms with E-state index in [9.17, 15) is 8.42 Å². The van der Waals surface area contributed by atoms with Crippen molar-refractivity contribution in [2.75, 3.05) is 12.3 Å². The molecule has 0 aromatic carbocycles. The number of aromatic nitrogens is 2. The van der Waals surface area contributed by atoms with Gasteiger partial charge < -0.3 is 4.98 Å². The highest BCUT2D eigenvalue weighted by Crippen LogP contribution is 2.59. The highest BCUT2D eigenvalue weighted by molar-refractivity contribution is 7.89. The molecule has 4 saturated carbocycles. The van der Waals surface area contributed by atoms with E-state index >= 15 is 0 Å². The Labute approximate surface area is 151 Å². The van der Waals surface area contributed by atoms with Gasteiger partial charge in [-0.2, -0.15) is 0 Å². The molecule has 5 rings (SSSR count). The Balaban J connectivity index is 1.19. The summed E-state index contributed by atoms with van der Waals surface area (Å²) in [4.78, 5) is 7.14. The second-order valence-electron chi connectivity index (χ2n) is 8.93. The lowest BCUT2D eigenvalue weighted by Gasteiger charge is -2.56. The summed E-state index contributed by atoms with van der Waals surface area (Å²) in [5.41, 5.74) is 1.34. The fourth-order valence-corrected chi connectivity index (χ4v) is 7.30. The second kappa shape index (κ2) is 7.03. The van der Waals surface area contributed by atoms with Crippen molar-refractivity contribution < 1.29 is 8.42 Å². The van der Waals surface area contributed by atoms with Gasteiger partial charge in [-0.1, -0.05) is 6.42 Å². The Kier molecular flexibility index (Phi) is 4.93. The molecule has 0 saturated heterocycles. The van der Waals surface area contributed by atoms with Crippen molar-refractivity contribution in [2.45, 2.75) is 64.2 Å². The number of H-pyrrole nitrogens is 1. The maximum Gasteiger partial charge on any atom is 0.211 e. The van der Waals surface area contributed by atoms with Crippen LogP contribution in [0.2, 0.25) is 0 Å². The van der Waals surface area contributed by atoms with E-state index < -0.39 is 10.0 Å². The monoisotopic (exact) mass is 365 g/mol. The number of sulfonamides is 1. The number of nitrogens with zero attached hydrogens (tertiary/aromatic N) is 1. The predicted octanol–water partition coefficient (Wildman–Crippen LogP) is 3.26. The Morgan fingerprint density at radius 2 is 1.76 bits per heavy atom. The van der Waals surface area contributed by atoms with E-state index in [1.165, 1.54) is 38.5 Å². The SMILES string of the molecule is O=S(=O)(CCCCCc1c[nH]cn1)NCC12CC3CC(CC(C3)C1)C2. The molecule has 0 unspecified atom stereocenters. The van der Waals surface area contributed by atoms with E-state index in [-0.39, 0.29) is 11.2 Å². The number of aromatic amines is 1. The molecule has 1 aromatic rings. The van der Waals surface area contributed by atoms with Gasteiger partial charge in [0.05, 0.1) is 17.8 Å². The second-order valence-corrected chi connectivity index (χ2v) is 10.9. The van der Waals surface area contributed by atoms with Crippen molar-refractivity contribution in [1.82, 2.24) is 14.7 Å². The van der Waals surface area contributed by atoms with Crippen LogP contribution >= 0.6 is 0 Å². The molecule has 1 heterocycles. The van der Waals surface area contributed by atoms with E-state index in [0.717, 1.165) is 49.1 Å². The normalized spacial score (nSPS) is 33.8. The molecule has 0 radical (unpaired) electrons. The van der Waals surface area contributed by atoms with Crippen LogP contribution in [0.5, 0.6) is 0 Å². The van der Waals surface area contributed by atoms with Crippen molar-refractivity contribution in [3.8, 4) is 0 Å². The molecule has 0 spiro atoms. The fourth-order valence-electron chi connectivity index (χ4n) is 6.04. The molecule has 0 atom stereocenters. The van der Waals surface area contributed by atoms with E-state index in [2.05, 4.69) is 14.7 Å². The standard InChI is InChI=1S/C19H31N3O2S/c23-25(24,5-3-1-2-4-18-12-20-14-21-18)22-13-19-9-15-6-16(10-19)8-17(7-15)11-19/h12,14-17,22H,1-11,13H2,(H,20,21). The maximum absolute atomic E-state index is 12.4. The van der Waals surface area contributed by atoms with E-state index in [1.807, 2.05) is 6.20 Å². The van der Waals surface area contributed by atoms with Gasteiger partial charge in [0.15, 0.2) is 0 Å². The van der Waals surface area contributed by atoms with Gasteiger partial charge in [-0.3, -0.25) is 0 Å². The minimum Gasteiger partial charge on any atom is -0.351 e. The topological polar surface area (TPSA) is 74.8 Å². The molecule has 5 nitrogen and oxygen atoms in total. The molecular formula is C19H31N3O2S. The molecule has 4 fully saturated rings. The summed E-state index contributed by atoms with van der Waals surface area (Å²) in [5, 5.41) is 0. The molecule has 0 aliphatic heterocycles. The van der Waals surface area contributed by atoms with Crippen LogP contribution in [-0.4, -0.2) is 30.7 Å². The van der Waals surface area contributed by atoms with Gasteiger partial charge >= 0.3 is 0 Å². The van der Waals surface area contributed by atoms with Gasteiger partial charge in [-0.05, 0) is 81.0 Å². The van der Waals surface area contributed by atoms with Gasteiger partial charge in [0.1, 0.15) is 0 Å². The van der Waals surface area contributed by atoms with Crippen LogP contribution < -0.4 is 4.72 Å². The van der Waals surface area contributed by atoms with Crippen molar-refractivity contribution in [1.29, 1.82) is 0 Å². The van der Waals surface area contributed by atoms with E-state index in [0.29, 0.717) is 6.54 Å². The van der Waals surface area contributed by atoms with E-state index in [1.54, 1.807) is 6.33 Å². The van der Waals surface area contributed by atoms with Gasteiger partial charge in [0.25, 0.3) is 0 Å². The molecule has 140 valence electrons. The maximum atomic E-state index is 12.4. The largest absolute Gasteiger partial charge is 0.351 e. The third kappa shape index (κ3) is 4.27. The van der Waals surface area contributed by atoms with Gasteiger partial charge in [0.2, 0.25) is 10.0 Å². The van der Waals surface area contributed by atoms with Crippen LogP contribution in [0.4, 0.5) is 0 Å². The molecule has 1 aromatic heterocycles. The molecule has 0 amide bonds. The van der Waals surface area contributed by atoms with Crippen LogP contribution in [0.25, 0.3) is 0 Å². The third-order valence-electron chi connectivity index (χ3n) is 6.73. The number of hydrogen-bond donors (Lipinski definition) is 2.